The molecule has 6 nitrogen and oxygen atoms in total. The number of rotatable bonds is 4. The number of oxazole rings is 1. The molecule has 0 N–H and O–H groups in total. The molecular weight excluding hydrogens is 280 g/mol. The lowest BCUT2D eigenvalue weighted by Crippen LogP contribution is -2.36. The summed E-state index contributed by atoms with van der Waals surface area (Å²) in [7, 11) is 0. The maximum Gasteiger partial charge on any atom is 0.266 e. The van der Waals surface area contributed by atoms with E-state index in [4.69, 9.17) is 4.42 Å². The normalized spacial score (nSPS) is 17.0. The van der Waals surface area contributed by atoms with E-state index in [9.17, 15) is 4.79 Å². The highest BCUT2D eigenvalue weighted by Gasteiger charge is 2.21. The van der Waals surface area contributed by atoms with E-state index in [0.717, 1.165) is 56.3 Å². The lowest BCUT2D eigenvalue weighted by atomic mass is 9.97. The van der Waals surface area contributed by atoms with E-state index < -0.39 is 0 Å². The van der Waals surface area contributed by atoms with E-state index in [2.05, 4.69) is 15.0 Å². The first-order chi connectivity index (χ1) is 10.6. The van der Waals surface area contributed by atoms with Gasteiger partial charge in [-0.3, -0.25) is 9.69 Å². The van der Waals surface area contributed by atoms with E-state index in [0.29, 0.717) is 5.92 Å². The Morgan fingerprint density at radius 3 is 2.73 bits per heavy atom. The molecule has 0 radical (unpaired) electrons. The first kappa shape index (κ1) is 15.0. The van der Waals surface area contributed by atoms with Crippen LogP contribution in [0, 0.1) is 19.8 Å². The minimum Gasteiger partial charge on any atom is -0.449 e. The van der Waals surface area contributed by atoms with Crippen molar-refractivity contribution in [3.63, 3.8) is 0 Å². The molecule has 3 rings (SSSR count). The second-order valence-electron chi connectivity index (χ2n) is 6.07. The molecule has 0 bridgehead atoms. The van der Waals surface area contributed by atoms with Crippen molar-refractivity contribution >= 4 is 0 Å². The SMILES string of the molecule is Cc1ccc(=O)n(CC2CCN(Cc3coc(C)n3)CC2)n1. The molecule has 0 spiro atoms. The highest BCUT2D eigenvalue weighted by Crippen LogP contribution is 2.20. The molecule has 3 heterocycles. The first-order valence-electron chi connectivity index (χ1n) is 7.78. The molecule has 1 aliphatic heterocycles. The average molecular weight is 302 g/mol. The fraction of sp³-hybridized carbons (Fsp3) is 0.562. The minimum absolute atomic E-state index is 0.00824. The van der Waals surface area contributed by atoms with Crippen LogP contribution in [0.2, 0.25) is 0 Å². The molecular formula is C16H22N4O2. The smallest absolute Gasteiger partial charge is 0.266 e. The topological polar surface area (TPSA) is 64.2 Å². The number of aryl methyl sites for hydroxylation is 2. The fourth-order valence-electron chi connectivity index (χ4n) is 2.96. The number of likely N-dealkylation sites (tertiary alicyclic amines) is 1. The molecule has 118 valence electrons. The Hall–Kier alpha value is -1.95. The van der Waals surface area contributed by atoms with Crippen molar-refractivity contribution in [2.24, 2.45) is 5.92 Å². The zero-order valence-corrected chi connectivity index (χ0v) is 13.2. The van der Waals surface area contributed by atoms with E-state index >= 15 is 0 Å². The van der Waals surface area contributed by atoms with E-state index in [-0.39, 0.29) is 5.56 Å². The predicted molar refractivity (Wildman–Crippen MR) is 82.5 cm³/mol. The summed E-state index contributed by atoms with van der Waals surface area (Å²) in [5.74, 6) is 1.23. The van der Waals surface area contributed by atoms with Gasteiger partial charge in [-0.25, -0.2) is 9.67 Å². The Morgan fingerprint density at radius 1 is 1.27 bits per heavy atom. The molecule has 2 aromatic heterocycles. The predicted octanol–water partition coefficient (Wildman–Crippen LogP) is 1.76. The summed E-state index contributed by atoms with van der Waals surface area (Å²) in [5, 5.41) is 4.32. The van der Waals surface area contributed by atoms with Gasteiger partial charge in [0.1, 0.15) is 6.26 Å². The van der Waals surface area contributed by atoms with Crippen molar-refractivity contribution in [2.45, 2.75) is 39.8 Å². The molecule has 0 saturated carbocycles. The van der Waals surface area contributed by atoms with Gasteiger partial charge in [0.25, 0.3) is 5.56 Å². The summed E-state index contributed by atoms with van der Waals surface area (Å²) in [6, 6.07) is 3.37. The van der Waals surface area contributed by atoms with Crippen molar-refractivity contribution in [3.8, 4) is 0 Å². The summed E-state index contributed by atoms with van der Waals surface area (Å²) < 4.78 is 6.85. The average Bonchev–Trinajstić information content (AvgIpc) is 2.90. The van der Waals surface area contributed by atoms with Gasteiger partial charge in [-0.05, 0) is 44.8 Å². The monoisotopic (exact) mass is 302 g/mol. The molecule has 1 aliphatic rings. The molecule has 22 heavy (non-hydrogen) atoms. The third kappa shape index (κ3) is 3.62. The molecule has 1 fully saturated rings. The Balaban J connectivity index is 1.53. The van der Waals surface area contributed by atoms with Gasteiger partial charge in [-0.1, -0.05) is 0 Å². The van der Waals surface area contributed by atoms with Gasteiger partial charge in [0.05, 0.1) is 11.4 Å². The highest BCUT2D eigenvalue weighted by molar-refractivity contribution is 4.98. The fourth-order valence-corrected chi connectivity index (χ4v) is 2.96. The quantitative estimate of drug-likeness (QED) is 0.861. The van der Waals surface area contributed by atoms with Crippen LogP contribution in [-0.2, 0) is 13.1 Å². The number of hydrogen-bond donors (Lipinski definition) is 0. The van der Waals surface area contributed by atoms with Crippen molar-refractivity contribution in [2.75, 3.05) is 13.1 Å². The summed E-state index contributed by atoms with van der Waals surface area (Å²) in [4.78, 5) is 18.6. The Labute approximate surface area is 129 Å². The lowest BCUT2D eigenvalue weighted by Gasteiger charge is -2.31. The second-order valence-corrected chi connectivity index (χ2v) is 6.07. The third-order valence-electron chi connectivity index (χ3n) is 4.19. The maximum atomic E-state index is 11.8. The summed E-state index contributed by atoms with van der Waals surface area (Å²) in [6.45, 7) is 7.39. The Bertz CT molecular complexity index is 683. The summed E-state index contributed by atoms with van der Waals surface area (Å²) >= 11 is 0. The minimum atomic E-state index is -0.00824. The van der Waals surface area contributed by atoms with Crippen LogP contribution in [0.5, 0.6) is 0 Å². The zero-order valence-electron chi connectivity index (χ0n) is 13.2. The third-order valence-corrected chi connectivity index (χ3v) is 4.19. The molecule has 0 atom stereocenters. The molecule has 0 aromatic carbocycles. The van der Waals surface area contributed by atoms with Crippen molar-refractivity contribution < 1.29 is 4.42 Å². The van der Waals surface area contributed by atoms with Crippen LogP contribution in [-0.4, -0.2) is 32.8 Å². The number of hydrogen-bond acceptors (Lipinski definition) is 5. The van der Waals surface area contributed by atoms with Crippen molar-refractivity contribution in [1.29, 1.82) is 0 Å². The van der Waals surface area contributed by atoms with E-state index in [1.165, 1.54) is 0 Å². The maximum absolute atomic E-state index is 11.8. The highest BCUT2D eigenvalue weighted by atomic mass is 16.3. The van der Waals surface area contributed by atoms with Crippen LogP contribution in [0.4, 0.5) is 0 Å². The van der Waals surface area contributed by atoms with E-state index in [1.54, 1.807) is 23.1 Å². The van der Waals surface area contributed by atoms with Crippen LogP contribution in [0.1, 0.15) is 30.1 Å². The largest absolute Gasteiger partial charge is 0.449 e. The molecule has 2 aromatic rings. The van der Waals surface area contributed by atoms with Gasteiger partial charge in [0.2, 0.25) is 0 Å². The van der Waals surface area contributed by atoms with Crippen LogP contribution in [0.15, 0.2) is 27.6 Å². The van der Waals surface area contributed by atoms with Gasteiger partial charge >= 0.3 is 0 Å². The van der Waals surface area contributed by atoms with Crippen molar-refractivity contribution in [1.82, 2.24) is 19.7 Å². The van der Waals surface area contributed by atoms with Gasteiger partial charge in [-0.15, -0.1) is 0 Å². The van der Waals surface area contributed by atoms with E-state index in [1.807, 2.05) is 13.8 Å². The van der Waals surface area contributed by atoms with Crippen molar-refractivity contribution in [3.05, 3.63) is 46.0 Å². The first-order valence-corrected chi connectivity index (χ1v) is 7.78. The Morgan fingerprint density at radius 2 is 2.05 bits per heavy atom. The number of aromatic nitrogens is 3. The molecule has 0 amide bonds. The number of nitrogens with zero attached hydrogens (tertiary/aromatic N) is 4. The van der Waals surface area contributed by atoms with Gasteiger partial charge in [0, 0.05) is 26.1 Å². The molecule has 1 saturated heterocycles. The lowest BCUT2D eigenvalue weighted by molar-refractivity contribution is 0.162. The molecule has 0 unspecified atom stereocenters. The summed E-state index contributed by atoms with van der Waals surface area (Å²) in [6.07, 6.45) is 3.90. The Kier molecular flexibility index (Phi) is 4.38. The van der Waals surface area contributed by atoms with Gasteiger partial charge in [-0.2, -0.15) is 5.10 Å². The van der Waals surface area contributed by atoms with Crippen LogP contribution >= 0.6 is 0 Å². The molecule has 0 aliphatic carbocycles. The van der Waals surface area contributed by atoms with Gasteiger partial charge in [0.15, 0.2) is 5.89 Å². The number of piperidine rings is 1. The van der Waals surface area contributed by atoms with Crippen LogP contribution in [0.3, 0.4) is 0 Å². The van der Waals surface area contributed by atoms with Gasteiger partial charge < -0.3 is 4.42 Å². The zero-order chi connectivity index (χ0) is 15.5. The van der Waals surface area contributed by atoms with Crippen LogP contribution in [0.25, 0.3) is 0 Å². The standard InChI is InChI=1S/C16H22N4O2/c1-12-3-4-16(21)20(18-12)9-14-5-7-19(8-6-14)10-15-11-22-13(2)17-15/h3-4,11,14H,5-10H2,1-2H3. The van der Waals surface area contributed by atoms with Crippen LogP contribution < -0.4 is 5.56 Å². The molecule has 6 heteroatoms. The second kappa shape index (κ2) is 6.44. The summed E-state index contributed by atoms with van der Waals surface area (Å²) in [5.41, 5.74) is 1.87.